The molecule has 0 saturated carbocycles. The Balaban J connectivity index is 2.62. The number of carbonyl (C=O) groups is 1. The SMILES string of the molecule is CC(C)(C)CCNc1ccc(C(N)=O)c(Cl)c1. The molecule has 0 aliphatic carbocycles. The standard InChI is InChI=1S/C13H19ClN2O/c1-13(2,3)6-7-16-9-4-5-10(12(15)17)11(14)8-9/h4-5,8,16H,6-7H2,1-3H3,(H2,15,17). The smallest absolute Gasteiger partial charge is 0.250 e. The number of hydrogen-bond acceptors (Lipinski definition) is 2. The van der Waals surface area contributed by atoms with Crippen LogP contribution in [0.5, 0.6) is 0 Å². The third-order valence-corrected chi connectivity index (χ3v) is 2.75. The highest BCUT2D eigenvalue weighted by Crippen LogP contribution is 2.22. The van der Waals surface area contributed by atoms with E-state index in [-0.39, 0.29) is 0 Å². The van der Waals surface area contributed by atoms with Gasteiger partial charge in [0.1, 0.15) is 0 Å². The molecule has 0 radical (unpaired) electrons. The molecule has 0 fully saturated rings. The summed E-state index contributed by atoms with van der Waals surface area (Å²) in [6.45, 7) is 7.45. The molecular formula is C13H19ClN2O. The number of nitrogens with two attached hydrogens (primary N) is 1. The van der Waals surface area contributed by atoms with Gasteiger partial charge in [-0.05, 0) is 30.0 Å². The van der Waals surface area contributed by atoms with Gasteiger partial charge in [0.25, 0.3) is 0 Å². The zero-order valence-corrected chi connectivity index (χ0v) is 11.3. The van der Waals surface area contributed by atoms with Gasteiger partial charge in [-0.2, -0.15) is 0 Å². The number of anilines is 1. The first kappa shape index (κ1) is 13.8. The van der Waals surface area contributed by atoms with Crippen LogP contribution in [-0.2, 0) is 0 Å². The summed E-state index contributed by atoms with van der Waals surface area (Å²) in [6.07, 6.45) is 1.06. The first-order chi connectivity index (χ1) is 7.79. The zero-order chi connectivity index (χ0) is 13.1. The molecular weight excluding hydrogens is 236 g/mol. The lowest BCUT2D eigenvalue weighted by Gasteiger charge is -2.18. The molecule has 94 valence electrons. The summed E-state index contributed by atoms with van der Waals surface area (Å²) in [5.74, 6) is -0.503. The summed E-state index contributed by atoms with van der Waals surface area (Å²) in [7, 11) is 0. The summed E-state index contributed by atoms with van der Waals surface area (Å²) in [5, 5.41) is 3.66. The third kappa shape index (κ3) is 4.65. The fourth-order valence-electron chi connectivity index (χ4n) is 1.41. The summed E-state index contributed by atoms with van der Waals surface area (Å²) in [6, 6.07) is 5.18. The van der Waals surface area contributed by atoms with Crippen LogP contribution >= 0.6 is 11.6 Å². The van der Waals surface area contributed by atoms with Crippen LogP contribution in [0.4, 0.5) is 5.69 Å². The highest BCUT2D eigenvalue weighted by atomic mass is 35.5. The molecule has 3 N–H and O–H groups in total. The van der Waals surface area contributed by atoms with Crippen LogP contribution in [0.3, 0.4) is 0 Å². The number of amides is 1. The van der Waals surface area contributed by atoms with E-state index in [4.69, 9.17) is 17.3 Å². The highest BCUT2D eigenvalue weighted by Gasteiger charge is 2.10. The Morgan fingerprint density at radius 2 is 2.06 bits per heavy atom. The fourth-order valence-corrected chi connectivity index (χ4v) is 1.68. The average molecular weight is 255 g/mol. The number of benzene rings is 1. The minimum Gasteiger partial charge on any atom is -0.385 e. The van der Waals surface area contributed by atoms with Crippen LogP contribution < -0.4 is 11.1 Å². The number of nitrogens with one attached hydrogen (secondary N) is 1. The van der Waals surface area contributed by atoms with Crippen molar-refractivity contribution in [3.05, 3.63) is 28.8 Å². The maximum absolute atomic E-state index is 11.0. The molecule has 0 heterocycles. The monoisotopic (exact) mass is 254 g/mol. The molecule has 0 unspecified atom stereocenters. The van der Waals surface area contributed by atoms with Crippen molar-refractivity contribution in [2.24, 2.45) is 11.1 Å². The molecule has 0 bridgehead atoms. The van der Waals surface area contributed by atoms with E-state index in [2.05, 4.69) is 26.1 Å². The van der Waals surface area contributed by atoms with Gasteiger partial charge < -0.3 is 11.1 Å². The zero-order valence-electron chi connectivity index (χ0n) is 10.5. The molecule has 17 heavy (non-hydrogen) atoms. The molecule has 1 amide bonds. The number of carbonyl (C=O) groups excluding carboxylic acids is 1. The van der Waals surface area contributed by atoms with E-state index in [1.165, 1.54) is 0 Å². The minimum absolute atomic E-state index is 0.296. The molecule has 4 heteroatoms. The maximum Gasteiger partial charge on any atom is 0.250 e. The van der Waals surface area contributed by atoms with Crippen molar-refractivity contribution in [3.63, 3.8) is 0 Å². The van der Waals surface area contributed by atoms with Gasteiger partial charge in [0, 0.05) is 12.2 Å². The number of rotatable bonds is 4. The number of halogens is 1. The van der Waals surface area contributed by atoms with E-state index in [1.807, 2.05) is 6.07 Å². The highest BCUT2D eigenvalue weighted by molar-refractivity contribution is 6.34. The Kier molecular flexibility index (Phi) is 4.40. The van der Waals surface area contributed by atoms with Gasteiger partial charge in [-0.15, -0.1) is 0 Å². The first-order valence-electron chi connectivity index (χ1n) is 5.63. The van der Waals surface area contributed by atoms with Crippen molar-refractivity contribution in [3.8, 4) is 0 Å². The van der Waals surface area contributed by atoms with E-state index in [1.54, 1.807) is 12.1 Å². The number of primary amides is 1. The van der Waals surface area contributed by atoms with Crippen molar-refractivity contribution in [1.29, 1.82) is 0 Å². The maximum atomic E-state index is 11.0. The van der Waals surface area contributed by atoms with Crippen LogP contribution in [0.25, 0.3) is 0 Å². The second-order valence-electron chi connectivity index (χ2n) is 5.30. The second kappa shape index (κ2) is 5.41. The fraction of sp³-hybridized carbons (Fsp3) is 0.462. The summed E-state index contributed by atoms with van der Waals surface area (Å²) >= 11 is 5.95. The van der Waals surface area contributed by atoms with Gasteiger partial charge >= 0.3 is 0 Å². The Bertz CT molecular complexity index is 410. The van der Waals surface area contributed by atoms with Gasteiger partial charge in [-0.3, -0.25) is 4.79 Å². The quantitative estimate of drug-likeness (QED) is 0.866. The molecule has 0 aliphatic rings. The molecule has 0 atom stereocenters. The van der Waals surface area contributed by atoms with Gasteiger partial charge in [-0.25, -0.2) is 0 Å². The average Bonchev–Trinajstić information content (AvgIpc) is 2.15. The normalized spacial score (nSPS) is 11.3. The Hall–Kier alpha value is -1.22. The molecule has 0 aliphatic heterocycles. The van der Waals surface area contributed by atoms with Crippen LogP contribution in [0.2, 0.25) is 5.02 Å². The van der Waals surface area contributed by atoms with Crippen LogP contribution in [-0.4, -0.2) is 12.5 Å². The van der Waals surface area contributed by atoms with Crippen molar-refractivity contribution in [2.45, 2.75) is 27.2 Å². The van der Waals surface area contributed by atoms with Crippen LogP contribution in [0, 0.1) is 5.41 Å². The summed E-state index contributed by atoms with van der Waals surface area (Å²) < 4.78 is 0. The molecule has 1 rings (SSSR count). The van der Waals surface area contributed by atoms with Crippen LogP contribution in [0.1, 0.15) is 37.6 Å². The molecule has 1 aromatic rings. The predicted octanol–water partition coefficient (Wildman–Crippen LogP) is 3.29. The topological polar surface area (TPSA) is 55.1 Å². The lowest BCUT2D eigenvalue weighted by molar-refractivity contribution is 0.100. The van der Waals surface area contributed by atoms with Crippen molar-refractivity contribution < 1.29 is 4.79 Å². The Morgan fingerprint density at radius 3 is 2.53 bits per heavy atom. The van der Waals surface area contributed by atoms with Gasteiger partial charge in [0.15, 0.2) is 0 Å². The molecule has 0 aromatic heterocycles. The van der Waals surface area contributed by atoms with E-state index in [9.17, 15) is 4.79 Å². The lowest BCUT2D eigenvalue weighted by atomic mass is 9.92. The van der Waals surface area contributed by atoms with E-state index >= 15 is 0 Å². The Labute approximate surface area is 107 Å². The number of hydrogen-bond donors (Lipinski definition) is 2. The van der Waals surface area contributed by atoms with Crippen molar-refractivity contribution >= 4 is 23.2 Å². The van der Waals surface area contributed by atoms with Gasteiger partial charge in [0.2, 0.25) is 5.91 Å². The molecule has 0 saturated heterocycles. The van der Waals surface area contributed by atoms with Crippen molar-refractivity contribution in [1.82, 2.24) is 0 Å². The van der Waals surface area contributed by atoms with Gasteiger partial charge in [-0.1, -0.05) is 32.4 Å². The van der Waals surface area contributed by atoms with Crippen molar-refractivity contribution in [2.75, 3.05) is 11.9 Å². The van der Waals surface area contributed by atoms with E-state index in [0.717, 1.165) is 18.7 Å². The largest absolute Gasteiger partial charge is 0.385 e. The minimum atomic E-state index is -0.503. The summed E-state index contributed by atoms with van der Waals surface area (Å²) in [5.41, 5.74) is 6.74. The van der Waals surface area contributed by atoms with E-state index < -0.39 is 5.91 Å². The van der Waals surface area contributed by atoms with Crippen LogP contribution in [0.15, 0.2) is 18.2 Å². The summed E-state index contributed by atoms with van der Waals surface area (Å²) in [4.78, 5) is 11.0. The van der Waals surface area contributed by atoms with E-state index in [0.29, 0.717) is 16.0 Å². The Morgan fingerprint density at radius 1 is 1.41 bits per heavy atom. The predicted molar refractivity (Wildman–Crippen MR) is 72.5 cm³/mol. The lowest BCUT2D eigenvalue weighted by Crippen LogP contribution is -2.14. The third-order valence-electron chi connectivity index (χ3n) is 2.44. The molecule has 0 spiro atoms. The second-order valence-corrected chi connectivity index (χ2v) is 5.70. The first-order valence-corrected chi connectivity index (χ1v) is 6.00. The molecule has 3 nitrogen and oxygen atoms in total. The molecule has 1 aromatic carbocycles. The van der Waals surface area contributed by atoms with Gasteiger partial charge in [0.05, 0.1) is 10.6 Å².